The Morgan fingerprint density at radius 1 is 1.44 bits per heavy atom. The summed E-state index contributed by atoms with van der Waals surface area (Å²) >= 11 is 0. The van der Waals surface area contributed by atoms with Crippen molar-refractivity contribution in [2.45, 2.75) is 18.6 Å². The van der Waals surface area contributed by atoms with Crippen LogP contribution in [0.25, 0.3) is 0 Å². The van der Waals surface area contributed by atoms with Crippen LogP contribution in [0.1, 0.15) is 11.1 Å². The second kappa shape index (κ2) is 4.75. The van der Waals surface area contributed by atoms with E-state index >= 15 is 0 Å². The second-order valence-corrected chi connectivity index (χ2v) is 5.30. The summed E-state index contributed by atoms with van der Waals surface area (Å²) in [4.78, 5) is 3.85. The fraction of sp³-hybridized carbons (Fsp3) is 0.200. The van der Waals surface area contributed by atoms with Gasteiger partial charge in [0.1, 0.15) is 0 Å². The molecule has 2 aromatic heterocycles. The van der Waals surface area contributed by atoms with E-state index in [0.717, 1.165) is 5.56 Å². The molecule has 0 aromatic carbocycles. The summed E-state index contributed by atoms with van der Waals surface area (Å²) in [6.07, 6.45) is 4.26. The average molecular weight is 268 g/mol. The number of nitrogens with one attached hydrogen (secondary N) is 2. The Hall–Kier alpha value is -1.93. The maximum atomic E-state index is 12.1. The van der Waals surface area contributed by atoms with Crippen LogP contribution in [0.15, 0.2) is 29.7 Å². The predicted molar refractivity (Wildman–Crippen MR) is 64.3 cm³/mol. The largest absolute Gasteiger partial charge is 0.392 e. The van der Waals surface area contributed by atoms with Crippen molar-refractivity contribution < 1.29 is 13.5 Å². The summed E-state index contributed by atoms with van der Waals surface area (Å²) in [6.45, 7) is 1.36. The highest BCUT2D eigenvalue weighted by molar-refractivity contribution is 7.92. The Bertz CT molecular complexity index is 651. The third-order valence-electron chi connectivity index (χ3n) is 2.40. The van der Waals surface area contributed by atoms with Gasteiger partial charge in [-0.25, -0.2) is 0 Å². The van der Waals surface area contributed by atoms with Crippen molar-refractivity contribution in [1.29, 1.82) is 0 Å². The normalized spacial score (nSPS) is 11.4. The molecule has 3 N–H and O–H groups in total. The summed E-state index contributed by atoms with van der Waals surface area (Å²) in [5.41, 5.74) is 1.35. The van der Waals surface area contributed by atoms with Crippen LogP contribution in [-0.2, 0) is 16.6 Å². The topological polar surface area (TPSA) is 108 Å². The average Bonchev–Trinajstić information content (AvgIpc) is 2.81. The van der Waals surface area contributed by atoms with Crippen molar-refractivity contribution in [2.24, 2.45) is 0 Å². The number of aliphatic hydroxyl groups is 1. The minimum Gasteiger partial charge on any atom is -0.392 e. The number of hydrogen-bond acceptors (Lipinski definition) is 5. The number of aliphatic hydroxyl groups excluding tert-OH is 1. The monoisotopic (exact) mass is 268 g/mol. The lowest BCUT2D eigenvalue weighted by Gasteiger charge is -2.09. The number of nitrogens with zero attached hydrogens (tertiary/aromatic N) is 2. The highest BCUT2D eigenvalue weighted by Gasteiger charge is 2.21. The molecule has 0 aliphatic carbocycles. The molecule has 0 saturated heterocycles. The smallest absolute Gasteiger partial charge is 0.279 e. The molecule has 0 radical (unpaired) electrons. The van der Waals surface area contributed by atoms with E-state index in [1.54, 1.807) is 19.2 Å². The van der Waals surface area contributed by atoms with Crippen molar-refractivity contribution >= 4 is 15.7 Å². The number of H-pyrrole nitrogens is 1. The molecule has 2 aromatic rings. The van der Waals surface area contributed by atoms with Gasteiger partial charge in [0.25, 0.3) is 10.0 Å². The molecule has 0 fully saturated rings. The highest BCUT2D eigenvalue weighted by Crippen LogP contribution is 2.19. The molecule has 8 heteroatoms. The van der Waals surface area contributed by atoms with Gasteiger partial charge >= 0.3 is 0 Å². The molecular weight excluding hydrogens is 256 g/mol. The van der Waals surface area contributed by atoms with Gasteiger partial charge in [0, 0.05) is 11.8 Å². The fourth-order valence-electron chi connectivity index (χ4n) is 1.41. The Balaban J connectivity index is 2.37. The number of anilines is 1. The predicted octanol–water partition coefficient (Wildman–Crippen LogP) is 0.406. The summed E-state index contributed by atoms with van der Waals surface area (Å²) in [5, 5.41) is 14.8. The molecule has 2 rings (SSSR count). The van der Waals surface area contributed by atoms with Gasteiger partial charge in [-0.05, 0) is 18.6 Å². The van der Waals surface area contributed by atoms with E-state index in [1.807, 2.05) is 0 Å². The Morgan fingerprint density at radius 3 is 2.89 bits per heavy atom. The summed E-state index contributed by atoms with van der Waals surface area (Å²) in [5.74, 6) is 0. The van der Waals surface area contributed by atoms with Gasteiger partial charge in [-0.1, -0.05) is 0 Å². The molecule has 0 unspecified atom stereocenters. The number of aromatic amines is 1. The first-order valence-electron chi connectivity index (χ1n) is 5.11. The van der Waals surface area contributed by atoms with E-state index in [-0.39, 0.29) is 10.6 Å². The highest BCUT2D eigenvalue weighted by atomic mass is 32.2. The molecule has 0 amide bonds. The van der Waals surface area contributed by atoms with E-state index in [1.165, 1.54) is 12.4 Å². The number of aromatic nitrogens is 3. The van der Waals surface area contributed by atoms with Crippen molar-refractivity contribution in [3.63, 3.8) is 0 Å². The van der Waals surface area contributed by atoms with Crippen LogP contribution in [0, 0.1) is 6.92 Å². The molecule has 0 aliphatic rings. The fourth-order valence-corrected chi connectivity index (χ4v) is 2.65. The van der Waals surface area contributed by atoms with E-state index in [2.05, 4.69) is 19.9 Å². The van der Waals surface area contributed by atoms with E-state index < -0.39 is 16.6 Å². The lowest BCUT2D eigenvalue weighted by molar-refractivity contribution is 0.278. The molecular formula is C10H12N4O3S. The van der Waals surface area contributed by atoms with Crippen LogP contribution in [-0.4, -0.2) is 28.7 Å². The molecule has 0 aliphatic heterocycles. The van der Waals surface area contributed by atoms with Gasteiger partial charge in [0.15, 0.2) is 5.03 Å². The number of pyridine rings is 1. The van der Waals surface area contributed by atoms with Crippen molar-refractivity contribution in [3.8, 4) is 0 Å². The molecule has 18 heavy (non-hydrogen) atoms. The van der Waals surface area contributed by atoms with Gasteiger partial charge < -0.3 is 5.11 Å². The van der Waals surface area contributed by atoms with Crippen LogP contribution in [0.3, 0.4) is 0 Å². The first-order valence-corrected chi connectivity index (χ1v) is 6.59. The standard InChI is InChI=1S/C10H12N4O3S/c1-7-2-3-11-5-9(7)14-18(16,17)10-8(6-15)4-12-13-10/h2-5,14-15H,6H2,1H3,(H,12,13). The van der Waals surface area contributed by atoms with Gasteiger partial charge in [-0.3, -0.25) is 14.8 Å². The van der Waals surface area contributed by atoms with Crippen LogP contribution >= 0.6 is 0 Å². The van der Waals surface area contributed by atoms with Crippen LogP contribution < -0.4 is 4.72 Å². The maximum Gasteiger partial charge on any atom is 0.279 e. The Morgan fingerprint density at radius 2 is 2.22 bits per heavy atom. The molecule has 0 saturated carbocycles. The maximum absolute atomic E-state index is 12.1. The zero-order chi connectivity index (χ0) is 13.2. The second-order valence-electron chi connectivity index (χ2n) is 3.68. The zero-order valence-electron chi connectivity index (χ0n) is 9.58. The molecule has 0 atom stereocenters. The van der Waals surface area contributed by atoms with Crippen LogP contribution in [0.4, 0.5) is 5.69 Å². The quantitative estimate of drug-likeness (QED) is 0.744. The van der Waals surface area contributed by atoms with E-state index in [9.17, 15) is 8.42 Å². The first kappa shape index (κ1) is 12.5. The van der Waals surface area contributed by atoms with Gasteiger partial charge in [0.05, 0.1) is 24.7 Å². The van der Waals surface area contributed by atoms with Crippen molar-refractivity contribution in [3.05, 3.63) is 35.8 Å². The third kappa shape index (κ3) is 2.34. The number of aryl methyl sites for hydroxylation is 1. The molecule has 2 heterocycles. The third-order valence-corrected chi connectivity index (χ3v) is 3.78. The molecule has 7 nitrogen and oxygen atoms in total. The van der Waals surface area contributed by atoms with Crippen LogP contribution in [0.5, 0.6) is 0 Å². The van der Waals surface area contributed by atoms with Crippen molar-refractivity contribution in [1.82, 2.24) is 15.2 Å². The van der Waals surface area contributed by atoms with Gasteiger partial charge in [0.2, 0.25) is 0 Å². The summed E-state index contributed by atoms with van der Waals surface area (Å²) in [7, 11) is -3.80. The minimum absolute atomic E-state index is 0.145. The summed E-state index contributed by atoms with van der Waals surface area (Å²) < 4.78 is 26.5. The van der Waals surface area contributed by atoms with E-state index in [0.29, 0.717) is 5.69 Å². The summed E-state index contributed by atoms with van der Waals surface area (Å²) in [6, 6.07) is 1.69. The lowest BCUT2D eigenvalue weighted by atomic mass is 10.3. The van der Waals surface area contributed by atoms with Gasteiger partial charge in [-0.15, -0.1) is 0 Å². The number of rotatable bonds is 4. The first-order chi connectivity index (χ1) is 8.54. The molecule has 0 spiro atoms. The van der Waals surface area contributed by atoms with Crippen molar-refractivity contribution in [2.75, 3.05) is 4.72 Å². The van der Waals surface area contributed by atoms with Gasteiger partial charge in [-0.2, -0.15) is 13.5 Å². The SMILES string of the molecule is Cc1ccncc1NS(=O)(=O)c1[nH]ncc1CO. The lowest BCUT2D eigenvalue weighted by Crippen LogP contribution is -2.16. The molecule has 96 valence electrons. The molecule has 0 bridgehead atoms. The number of hydrogen-bond donors (Lipinski definition) is 3. The van der Waals surface area contributed by atoms with Crippen LogP contribution in [0.2, 0.25) is 0 Å². The van der Waals surface area contributed by atoms with E-state index in [4.69, 9.17) is 5.11 Å². The Labute approximate surface area is 104 Å². The Kier molecular flexibility index (Phi) is 3.30. The zero-order valence-corrected chi connectivity index (χ0v) is 10.4. The number of sulfonamides is 1. The minimum atomic E-state index is -3.80.